The predicted octanol–water partition coefficient (Wildman–Crippen LogP) is 3.47. The second-order valence-corrected chi connectivity index (χ2v) is 7.02. The summed E-state index contributed by atoms with van der Waals surface area (Å²) in [5, 5.41) is 0.961. The van der Waals surface area contributed by atoms with Crippen molar-refractivity contribution >= 4 is 23.1 Å². The smallest absolute Gasteiger partial charge is 0.295 e. The van der Waals surface area contributed by atoms with Crippen LogP contribution in [0.3, 0.4) is 0 Å². The Labute approximate surface area is 154 Å². The first-order chi connectivity index (χ1) is 12.5. The number of ether oxygens (including phenoxy) is 3. The lowest BCUT2D eigenvalue weighted by atomic mass is 10.0. The van der Waals surface area contributed by atoms with Crippen molar-refractivity contribution in [3.63, 3.8) is 0 Å². The molecule has 2 aromatic rings. The third kappa shape index (κ3) is 3.16. The van der Waals surface area contributed by atoms with Crippen LogP contribution in [0.1, 0.15) is 31.5 Å². The molecular weight excluding hydrogens is 332 g/mol. The van der Waals surface area contributed by atoms with Crippen LogP contribution in [-0.2, 0) is 16.0 Å². The van der Waals surface area contributed by atoms with Gasteiger partial charge in [0.25, 0.3) is 6.47 Å². The minimum Gasteiger partial charge on any atom is -0.497 e. The maximum absolute atomic E-state index is 11.0. The quantitative estimate of drug-likeness (QED) is 0.707. The number of methoxy groups -OCH3 is 2. The topological polar surface area (TPSA) is 60.9 Å². The number of rotatable bonds is 7. The number of aromatic nitrogens is 1. The molecule has 1 aliphatic rings. The predicted molar refractivity (Wildman–Crippen MR) is 101 cm³/mol. The number of anilines is 1. The molecule has 0 fully saturated rings. The van der Waals surface area contributed by atoms with E-state index in [-0.39, 0.29) is 6.23 Å². The molecule has 1 unspecified atom stereocenters. The third-order valence-corrected chi connectivity index (χ3v) is 4.93. The van der Waals surface area contributed by atoms with E-state index in [1.54, 1.807) is 14.2 Å². The molecule has 2 heterocycles. The number of carbonyl (C=O) groups is 1. The molecule has 1 aromatic heterocycles. The lowest BCUT2D eigenvalue weighted by Gasteiger charge is -2.27. The van der Waals surface area contributed by atoms with Crippen LogP contribution in [0.5, 0.6) is 11.5 Å². The van der Waals surface area contributed by atoms with Gasteiger partial charge in [0.15, 0.2) is 6.23 Å². The van der Waals surface area contributed by atoms with E-state index in [0.29, 0.717) is 30.3 Å². The standard InChI is InChI=1S/C20H26N2O4/c1-12(2)6-7-22-18(26-11-23)10-15-13(3)21-19-16(20(15)22)8-14(24-4)9-17(19)25-5/h8-9,11-12,18H,6-7,10H2,1-5H3. The zero-order chi connectivity index (χ0) is 18.8. The summed E-state index contributed by atoms with van der Waals surface area (Å²) in [6, 6.07) is 3.82. The van der Waals surface area contributed by atoms with E-state index < -0.39 is 0 Å². The fraction of sp³-hybridized carbons (Fsp3) is 0.500. The van der Waals surface area contributed by atoms with Gasteiger partial charge in [-0.1, -0.05) is 13.8 Å². The van der Waals surface area contributed by atoms with E-state index >= 15 is 0 Å². The normalized spacial score (nSPS) is 16.1. The molecule has 0 amide bonds. The van der Waals surface area contributed by atoms with Crippen LogP contribution < -0.4 is 14.4 Å². The summed E-state index contributed by atoms with van der Waals surface area (Å²) in [7, 11) is 3.27. The Balaban J connectivity index is 2.22. The van der Waals surface area contributed by atoms with E-state index in [0.717, 1.165) is 40.8 Å². The Hall–Kier alpha value is -2.50. The van der Waals surface area contributed by atoms with E-state index in [9.17, 15) is 4.79 Å². The van der Waals surface area contributed by atoms with Gasteiger partial charge in [-0.3, -0.25) is 4.79 Å². The lowest BCUT2D eigenvalue weighted by Crippen LogP contribution is -2.35. The minimum atomic E-state index is -0.301. The van der Waals surface area contributed by atoms with Crippen molar-refractivity contribution in [3.8, 4) is 11.5 Å². The Bertz CT molecular complexity index is 819. The number of carbonyl (C=O) groups excluding carboxylic acids is 1. The highest BCUT2D eigenvalue weighted by molar-refractivity contribution is 5.99. The average molecular weight is 358 g/mol. The van der Waals surface area contributed by atoms with E-state index in [1.807, 2.05) is 19.1 Å². The second kappa shape index (κ2) is 7.40. The molecule has 0 aliphatic carbocycles. The Morgan fingerprint density at radius 2 is 2.08 bits per heavy atom. The number of pyridine rings is 1. The molecule has 6 nitrogen and oxygen atoms in total. The highest BCUT2D eigenvalue weighted by Crippen LogP contribution is 2.43. The van der Waals surface area contributed by atoms with Gasteiger partial charge < -0.3 is 19.1 Å². The highest BCUT2D eigenvalue weighted by Gasteiger charge is 2.34. The maximum atomic E-state index is 11.0. The summed E-state index contributed by atoms with van der Waals surface area (Å²) in [4.78, 5) is 18.0. The monoisotopic (exact) mass is 358 g/mol. The average Bonchev–Trinajstić information content (AvgIpc) is 2.99. The Morgan fingerprint density at radius 3 is 2.69 bits per heavy atom. The number of hydrogen-bond donors (Lipinski definition) is 0. The largest absolute Gasteiger partial charge is 0.497 e. The van der Waals surface area contributed by atoms with Crippen LogP contribution in [0, 0.1) is 12.8 Å². The molecular formula is C20H26N2O4. The van der Waals surface area contributed by atoms with Crippen molar-refractivity contribution < 1.29 is 19.0 Å². The van der Waals surface area contributed by atoms with Gasteiger partial charge in [0.05, 0.1) is 19.9 Å². The molecule has 0 radical (unpaired) electrons. The summed E-state index contributed by atoms with van der Waals surface area (Å²) in [6.45, 7) is 7.71. The van der Waals surface area contributed by atoms with E-state index in [2.05, 4.69) is 18.7 Å². The summed E-state index contributed by atoms with van der Waals surface area (Å²) < 4.78 is 16.4. The van der Waals surface area contributed by atoms with Gasteiger partial charge in [0, 0.05) is 35.7 Å². The molecule has 0 bridgehead atoms. The van der Waals surface area contributed by atoms with E-state index in [1.165, 1.54) is 0 Å². The molecule has 1 aliphatic heterocycles. The van der Waals surface area contributed by atoms with Gasteiger partial charge >= 0.3 is 0 Å². The fourth-order valence-electron chi connectivity index (χ4n) is 3.56. The molecule has 6 heteroatoms. The number of fused-ring (bicyclic) bond motifs is 3. The minimum absolute atomic E-state index is 0.301. The SMILES string of the molecule is COc1cc(OC)c2nc(C)c3c(c2c1)N(CCC(C)C)C(OC=O)C3. The lowest BCUT2D eigenvalue weighted by molar-refractivity contribution is -0.133. The zero-order valence-electron chi connectivity index (χ0n) is 16.0. The van der Waals surface area contributed by atoms with Crippen LogP contribution in [0.15, 0.2) is 12.1 Å². The molecule has 0 N–H and O–H groups in total. The van der Waals surface area contributed by atoms with Gasteiger partial charge in [-0.15, -0.1) is 0 Å². The van der Waals surface area contributed by atoms with E-state index in [4.69, 9.17) is 19.2 Å². The van der Waals surface area contributed by atoms with Crippen molar-refractivity contribution in [2.75, 3.05) is 25.7 Å². The Morgan fingerprint density at radius 1 is 1.31 bits per heavy atom. The van der Waals surface area contributed by atoms with Crippen LogP contribution in [0.2, 0.25) is 0 Å². The summed E-state index contributed by atoms with van der Waals surface area (Å²) in [6.07, 6.45) is 1.34. The number of nitrogens with zero attached hydrogens (tertiary/aromatic N) is 2. The van der Waals surface area contributed by atoms with Crippen LogP contribution in [0.25, 0.3) is 10.9 Å². The van der Waals surface area contributed by atoms with Gasteiger partial charge in [0.1, 0.15) is 17.0 Å². The van der Waals surface area contributed by atoms with Gasteiger partial charge in [-0.05, 0) is 25.3 Å². The second-order valence-electron chi connectivity index (χ2n) is 7.02. The van der Waals surface area contributed by atoms with Crippen molar-refractivity contribution in [2.45, 2.75) is 39.8 Å². The van der Waals surface area contributed by atoms with Gasteiger partial charge in [-0.25, -0.2) is 4.98 Å². The third-order valence-electron chi connectivity index (χ3n) is 4.93. The summed E-state index contributed by atoms with van der Waals surface area (Å²) in [5.74, 6) is 1.94. The van der Waals surface area contributed by atoms with Crippen LogP contribution >= 0.6 is 0 Å². The van der Waals surface area contributed by atoms with Crippen molar-refractivity contribution in [1.29, 1.82) is 0 Å². The molecule has 1 aromatic carbocycles. The highest BCUT2D eigenvalue weighted by atomic mass is 16.5. The van der Waals surface area contributed by atoms with Gasteiger partial charge in [-0.2, -0.15) is 0 Å². The molecule has 26 heavy (non-hydrogen) atoms. The number of aryl methyl sites for hydroxylation is 1. The van der Waals surface area contributed by atoms with Gasteiger partial charge in [0.2, 0.25) is 0 Å². The zero-order valence-corrected chi connectivity index (χ0v) is 16.0. The van der Waals surface area contributed by atoms with Crippen LogP contribution in [0.4, 0.5) is 5.69 Å². The molecule has 140 valence electrons. The summed E-state index contributed by atoms with van der Waals surface area (Å²) >= 11 is 0. The Kier molecular flexibility index (Phi) is 5.20. The maximum Gasteiger partial charge on any atom is 0.295 e. The fourth-order valence-corrected chi connectivity index (χ4v) is 3.56. The number of benzene rings is 1. The summed E-state index contributed by atoms with van der Waals surface area (Å²) in [5.41, 5.74) is 3.91. The van der Waals surface area contributed by atoms with Crippen molar-refractivity contribution in [2.24, 2.45) is 5.92 Å². The first kappa shape index (κ1) is 18.3. The first-order valence-corrected chi connectivity index (χ1v) is 8.91. The van der Waals surface area contributed by atoms with Crippen molar-refractivity contribution in [1.82, 2.24) is 4.98 Å². The number of hydrogen-bond acceptors (Lipinski definition) is 6. The molecule has 3 rings (SSSR count). The first-order valence-electron chi connectivity index (χ1n) is 8.91. The molecule has 0 saturated heterocycles. The molecule has 0 saturated carbocycles. The van der Waals surface area contributed by atoms with Crippen molar-refractivity contribution in [3.05, 3.63) is 23.4 Å². The van der Waals surface area contributed by atoms with Crippen LogP contribution in [-0.4, -0.2) is 38.4 Å². The molecule has 0 spiro atoms. The molecule has 1 atom stereocenters.